The van der Waals surface area contributed by atoms with E-state index in [4.69, 9.17) is 9.47 Å². The van der Waals surface area contributed by atoms with Crippen molar-refractivity contribution in [2.24, 2.45) is 0 Å². The van der Waals surface area contributed by atoms with Gasteiger partial charge in [-0.1, -0.05) is 12.8 Å². The Kier molecular flexibility index (Phi) is 8.58. The molecule has 156 valence electrons. The van der Waals surface area contributed by atoms with Gasteiger partial charge in [0.2, 0.25) is 5.91 Å². The Morgan fingerprint density at radius 1 is 0.964 bits per heavy atom. The summed E-state index contributed by atoms with van der Waals surface area (Å²) in [6.07, 6.45) is 5.75. The van der Waals surface area contributed by atoms with Gasteiger partial charge in [0.15, 0.2) is 17.3 Å². The monoisotopic (exact) mass is 410 g/mol. The second-order valence-corrected chi connectivity index (χ2v) is 7.35. The van der Waals surface area contributed by atoms with Gasteiger partial charge in [0.25, 0.3) is 0 Å². The molecule has 1 amide bonds. The molecule has 1 aliphatic carbocycles. The van der Waals surface area contributed by atoms with Gasteiger partial charge in [0.1, 0.15) is 0 Å². The summed E-state index contributed by atoms with van der Waals surface area (Å²) in [6, 6.07) is 5.82. The molecule has 1 aromatic rings. The molecule has 0 atom stereocenters. The minimum absolute atomic E-state index is 0. The van der Waals surface area contributed by atoms with Gasteiger partial charge in [-0.05, 0) is 31.0 Å². The van der Waals surface area contributed by atoms with E-state index in [9.17, 15) is 9.59 Å². The van der Waals surface area contributed by atoms with E-state index in [1.54, 1.807) is 32.4 Å². The highest BCUT2D eigenvalue weighted by atomic mass is 35.5. The van der Waals surface area contributed by atoms with Crippen molar-refractivity contribution in [2.75, 3.05) is 40.4 Å². The van der Waals surface area contributed by atoms with Gasteiger partial charge in [-0.25, -0.2) is 0 Å². The molecule has 2 aliphatic rings. The Labute approximate surface area is 173 Å². The molecule has 1 saturated heterocycles. The lowest BCUT2D eigenvalue weighted by molar-refractivity contribution is -0.133. The Morgan fingerprint density at radius 2 is 1.61 bits per heavy atom. The van der Waals surface area contributed by atoms with Crippen molar-refractivity contribution in [3.05, 3.63) is 23.8 Å². The van der Waals surface area contributed by atoms with Crippen molar-refractivity contribution in [1.29, 1.82) is 0 Å². The molecule has 3 rings (SSSR count). The summed E-state index contributed by atoms with van der Waals surface area (Å²) < 4.78 is 10.4. The summed E-state index contributed by atoms with van der Waals surface area (Å²) in [5, 5.41) is 0. The fraction of sp³-hybridized carbons (Fsp3) is 0.619. The Bertz CT molecular complexity index is 668. The number of Topliss-reactive ketones (excluding diaryl/α,β-unsaturated/α-hetero) is 1. The van der Waals surface area contributed by atoms with Crippen molar-refractivity contribution in [3.8, 4) is 11.5 Å². The van der Waals surface area contributed by atoms with Crippen molar-refractivity contribution in [2.45, 2.75) is 44.6 Å². The van der Waals surface area contributed by atoms with Crippen LogP contribution in [-0.4, -0.2) is 67.9 Å². The van der Waals surface area contributed by atoms with Crippen LogP contribution in [0, 0.1) is 0 Å². The van der Waals surface area contributed by atoms with Crippen molar-refractivity contribution < 1.29 is 19.1 Å². The van der Waals surface area contributed by atoms with Crippen LogP contribution >= 0.6 is 12.4 Å². The number of ketones is 1. The molecule has 0 unspecified atom stereocenters. The third kappa shape index (κ3) is 5.39. The van der Waals surface area contributed by atoms with Gasteiger partial charge in [-0.2, -0.15) is 0 Å². The van der Waals surface area contributed by atoms with E-state index in [0.29, 0.717) is 23.1 Å². The number of ether oxygens (including phenoxy) is 2. The number of carbonyl (C=O) groups is 2. The normalized spacial score (nSPS) is 17.9. The zero-order valence-electron chi connectivity index (χ0n) is 16.8. The van der Waals surface area contributed by atoms with E-state index in [-0.39, 0.29) is 36.9 Å². The number of piperazine rings is 1. The maximum absolute atomic E-state index is 12.5. The van der Waals surface area contributed by atoms with E-state index in [1.807, 2.05) is 4.90 Å². The van der Waals surface area contributed by atoms with Gasteiger partial charge in [0.05, 0.1) is 14.2 Å². The lowest BCUT2D eigenvalue weighted by Gasteiger charge is -2.38. The first-order valence-corrected chi connectivity index (χ1v) is 9.89. The molecular formula is C21H31ClN2O4. The van der Waals surface area contributed by atoms with Crippen LogP contribution in [0.25, 0.3) is 0 Å². The third-order valence-electron chi connectivity index (χ3n) is 5.78. The summed E-state index contributed by atoms with van der Waals surface area (Å²) in [5.74, 6) is 1.15. The molecule has 2 fully saturated rings. The van der Waals surface area contributed by atoms with E-state index in [2.05, 4.69) is 4.90 Å². The summed E-state index contributed by atoms with van der Waals surface area (Å²) in [5.41, 5.74) is 0.548. The molecule has 0 spiro atoms. The van der Waals surface area contributed by atoms with E-state index < -0.39 is 0 Å². The summed E-state index contributed by atoms with van der Waals surface area (Å²) >= 11 is 0. The summed E-state index contributed by atoms with van der Waals surface area (Å²) in [7, 11) is 3.10. The van der Waals surface area contributed by atoms with E-state index in [0.717, 1.165) is 26.2 Å². The zero-order chi connectivity index (χ0) is 19.2. The second-order valence-electron chi connectivity index (χ2n) is 7.35. The van der Waals surface area contributed by atoms with Gasteiger partial charge >= 0.3 is 0 Å². The number of nitrogens with zero attached hydrogens (tertiary/aromatic N) is 2. The number of rotatable bonds is 7. The fourth-order valence-corrected chi connectivity index (χ4v) is 4.14. The molecule has 0 aromatic heterocycles. The summed E-state index contributed by atoms with van der Waals surface area (Å²) in [4.78, 5) is 29.4. The van der Waals surface area contributed by atoms with Crippen molar-refractivity contribution in [3.63, 3.8) is 0 Å². The number of hydrogen-bond acceptors (Lipinski definition) is 5. The van der Waals surface area contributed by atoms with Crippen LogP contribution < -0.4 is 9.47 Å². The third-order valence-corrected chi connectivity index (χ3v) is 5.78. The van der Waals surface area contributed by atoms with Gasteiger partial charge in [0, 0.05) is 50.6 Å². The molecule has 7 heteroatoms. The van der Waals surface area contributed by atoms with Gasteiger partial charge in [-0.15, -0.1) is 12.4 Å². The predicted octanol–water partition coefficient (Wildman–Crippen LogP) is 3.18. The highest BCUT2D eigenvalue weighted by molar-refractivity contribution is 5.98. The smallest absolute Gasteiger partial charge is 0.223 e. The van der Waals surface area contributed by atoms with E-state index >= 15 is 0 Å². The summed E-state index contributed by atoms with van der Waals surface area (Å²) in [6.45, 7) is 3.47. The van der Waals surface area contributed by atoms with Crippen LogP contribution in [0.1, 0.15) is 48.9 Å². The molecule has 6 nitrogen and oxygen atoms in total. The number of hydrogen-bond donors (Lipinski definition) is 0. The quantitative estimate of drug-likeness (QED) is 0.646. The fourth-order valence-electron chi connectivity index (χ4n) is 4.14. The minimum Gasteiger partial charge on any atom is -0.493 e. The van der Waals surface area contributed by atoms with E-state index in [1.165, 1.54) is 25.7 Å². The second kappa shape index (κ2) is 10.7. The molecule has 1 heterocycles. The van der Waals surface area contributed by atoms with Gasteiger partial charge < -0.3 is 14.4 Å². The highest BCUT2D eigenvalue weighted by Gasteiger charge is 2.27. The lowest BCUT2D eigenvalue weighted by Crippen LogP contribution is -2.51. The number of halogens is 1. The van der Waals surface area contributed by atoms with Crippen LogP contribution in [0.2, 0.25) is 0 Å². The zero-order valence-corrected chi connectivity index (χ0v) is 17.6. The maximum atomic E-state index is 12.5. The number of carbonyl (C=O) groups excluding carboxylic acids is 2. The Morgan fingerprint density at radius 3 is 2.21 bits per heavy atom. The average molecular weight is 411 g/mol. The lowest BCUT2D eigenvalue weighted by atomic mass is 10.1. The molecule has 0 bridgehead atoms. The van der Waals surface area contributed by atoms with Gasteiger partial charge in [-0.3, -0.25) is 14.5 Å². The van der Waals surface area contributed by atoms with Crippen LogP contribution in [-0.2, 0) is 4.79 Å². The first-order valence-electron chi connectivity index (χ1n) is 9.89. The first kappa shape index (κ1) is 22.5. The topological polar surface area (TPSA) is 59.1 Å². The molecule has 28 heavy (non-hydrogen) atoms. The molecule has 0 radical (unpaired) electrons. The number of methoxy groups -OCH3 is 2. The van der Waals surface area contributed by atoms with Crippen molar-refractivity contribution in [1.82, 2.24) is 9.80 Å². The number of amides is 1. The molecule has 1 aromatic carbocycles. The molecular weight excluding hydrogens is 380 g/mol. The Balaban J connectivity index is 0.00000280. The molecule has 0 N–H and O–H groups in total. The first-order chi connectivity index (χ1) is 13.1. The molecule has 1 saturated carbocycles. The SMILES string of the molecule is COc1ccc(C(=O)CCC(=O)N2CCN(C3CCCC3)CC2)cc1OC.Cl. The van der Waals surface area contributed by atoms with Crippen LogP contribution in [0.4, 0.5) is 0 Å². The van der Waals surface area contributed by atoms with Crippen LogP contribution in [0.15, 0.2) is 18.2 Å². The van der Waals surface area contributed by atoms with Crippen LogP contribution in [0.5, 0.6) is 11.5 Å². The minimum atomic E-state index is -0.0473. The molecule has 1 aliphatic heterocycles. The standard InChI is InChI=1S/C21H30N2O4.ClH/c1-26-19-9-7-16(15-20(19)27-2)18(24)8-10-21(25)23-13-11-22(12-14-23)17-5-3-4-6-17;/h7,9,15,17H,3-6,8,10-14H2,1-2H3;1H. The Hall–Kier alpha value is -1.79. The largest absolute Gasteiger partial charge is 0.493 e. The number of benzene rings is 1. The van der Waals surface area contributed by atoms with Crippen LogP contribution in [0.3, 0.4) is 0 Å². The highest BCUT2D eigenvalue weighted by Crippen LogP contribution is 2.28. The van der Waals surface area contributed by atoms with Crippen molar-refractivity contribution >= 4 is 24.1 Å². The maximum Gasteiger partial charge on any atom is 0.223 e. The predicted molar refractivity (Wildman–Crippen MR) is 111 cm³/mol. The average Bonchev–Trinajstić information content (AvgIpc) is 3.26.